The topological polar surface area (TPSA) is 75.9 Å². The van der Waals surface area contributed by atoms with E-state index in [0.717, 1.165) is 18.3 Å². The first-order chi connectivity index (χ1) is 3.77. The molecule has 0 aliphatic rings. The van der Waals surface area contributed by atoms with Gasteiger partial charge in [0.15, 0.2) is 0 Å². The van der Waals surface area contributed by atoms with Gasteiger partial charge in [-0.25, -0.2) is 0 Å². The Morgan fingerprint density at radius 3 is 2.62 bits per heavy atom. The van der Waals surface area contributed by atoms with Crippen molar-refractivity contribution in [2.45, 2.75) is 11.7 Å². The zero-order valence-electron chi connectivity index (χ0n) is 4.68. The second-order valence-electron chi connectivity index (χ2n) is 1.35. The van der Waals surface area contributed by atoms with E-state index >= 15 is 0 Å². The van der Waals surface area contributed by atoms with E-state index in [1.165, 1.54) is 0 Å². The predicted octanol–water partition coefficient (Wildman–Crippen LogP) is -0.649. The molecule has 0 aromatic carbocycles. The van der Waals surface area contributed by atoms with Gasteiger partial charge in [-0.3, -0.25) is 0 Å². The molecule has 0 rings (SSSR count). The van der Waals surface area contributed by atoms with Crippen molar-refractivity contribution < 1.29 is 0 Å². The van der Waals surface area contributed by atoms with Crippen LogP contribution in [0.15, 0.2) is 0 Å². The maximum atomic E-state index is 6.84. The summed E-state index contributed by atoms with van der Waals surface area (Å²) in [7, 11) is 0. The van der Waals surface area contributed by atoms with E-state index in [9.17, 15) is 0 Å². The quantitative estimate of drug-likeness (QED) is 0.233. The molecule has 0 unspecified atom stereocenters. The number of amidine groups is 1. The predicted molar refractivity (Wildman–Crippen MR) is 36.1 cm³/mol. The van der Waals surface area contributed by atoms with Gasteiger partial charge in [0.05, 0.1) is 0 Å². The summed E-state index contributed by atoms with van der Waals surface area (Å²) >= 11 is 0.208. The Balaban J connectivity index is 2.82. The van der Waals surface area contributed by atoms with Gasteiger partial charge < -0.3 is 0 Å². The second kappa shape index (κ2) is 5.09. The van der Waals surface area contributed by atoms with Crippen LogP contribution in [0.3, 0.4) is 0 Å². The summed E-state index contributed by atoms with van der Waals surface area (Å²) < 4.78 is 0.325. The number of hydrogen-bond acceptors (Lipinski definition) is 2. The Hall–Kier alpha value is -0.0505. The molecule has 4 heteroatoms. The minimum absolute atomic E-state index is 0.208. The SMILES string of the molecule is N=C(N)[Se]CCCN. The van der Waals surface area contributed by atoms with E-state index in [1.54, 1.807) is 0 Å². The summed E-state index contributed by atoms with van der Waals surface area (Å²) in [5.41, 5.74) is 10.3. The first-order valence-electron chi connectivity index (χ1n) is 2.44. The molecule has 0 aromatic rings. The summed E-state index contributed by atoms with van der Waals surface area (Å²) in [6.07, 6.45) is 1.000. The first-order valence-corrected chi connectivity index (χ1v) is 4.51. The van der Waals surface area contributed by atoms with Crippen LogP contribution in [-0.2, 0) is 0 Å². The van der Waals surface area contributed by atoms with E-state index in [0.29, 0.717) is 4.73 Å². The molecule has 0 aliphatic carbocycles. The van der Waals surface area contributed by atoms with E-state index < -0.39 is 0 Å². The van der Waals surface area contributed by atoms with Gasteiger partial charge in [-0.15, -0.1) is 0 Å². The summed E-state index contributed by atoms with van der Waals surface area (Å²) in [5.74, 6) is 0. The van der Waals surface area contributed by atoms with Crippen LogP contribution < -0.4 is 11.5 Å². The van der Waals surface area contributed by atoms with Crippen LogP contribution in [0.25, 0.3) is 0 Å². The van der Waals surface area contributed by atoms with Crippen molar-refractivity contribution in [1.29, 1.82) is 5.41 Å². The monoisotopic (exact) mass is 181 g/mol. The molecule has 48 valence electrons. The van der Waals surface area contributed by atoms with Gasteiger partial charge in [0.2, 0.25) is 0 Å². The van der Waals surface area contributed by atoms with Gasteiger partial charge in [-0.1, -0.05) is 0 Å². The van der Waals surface area contributed by atoms with E-state index in [4.69, 9.17) is 16.9 Å². The van der Waals surface area contributed by atoms with Gasteiger partial charge in [0.1, 0.15) is 0 Å². The fraction of sp³-hybridized carbons (Fsp3) is 0.750. The molecule has 3 nitrogen and oxygen atoms in total. The molecule has 0 amide bonds. The average molecular weight is 180 g/mol. The van der Waals surface area contributed by atoms with Crippen molar-refractivity contribution >= 4 is 19.7 Å². The van der Waals surface area contributed by atoms with Crippen molar-refractivity contribution in [3.05, 3.63) is 0 Å². The normalized spacial score (nSPS) is 9.12. The molecule has 0 fully saturated rings. The molecule has 0 heterocycles. The Morgan fingerprint density at radius 2 is 2.25 bits per heavy atom. The standard InChI is InChI=1S/C4H11N3Se/c5-2-1-3-8-4(6)7/h1-3,5H2,(H3,6,7). The fourth-order valence-electron chi connectivity index (χ4n) is 0.265. The van der Waals surface area contributed by atoms with Gasteiger partial charge in [-0.2, -0.15) is 0 Å². The van der Waals surface area contributed by atoms with Crippen molar-refractivity contribution in [2.75, 3.05) is 6.54 Å². The molecule has 0 aromatic heterocycles. The van der Waals surface area contributed by atoms with Gasteiger partial charge in [0.25, 0.3) is 0 Å². The van der Waals surface area contributed by atoms with Crippen LogP contribution in [0.5, 0.6) is 0 Å². The second-order valence-corrected chi connectivity index (χ2v) is 3.74. The Morgan fingerprint density at radius 1 is 1.62 bits per heavy atom. The molecule has 0 radical (unpaired) electrons. The summed E-state index contributed by atoms with van der Waals surface area (Å²) in [4.78, 5) is 0. The minimum atomic E-state index is 0.208. The third-order valence-corrected chi connectivity index (χ3v) is 2.29. The van der Waals surface area contributed by atoms with Crippen molar-refractivity contribution in [2.24, 2.45) is 11.5 Å². The van der Waals surface area contributed by atoms with Crippen molar-refractivity contribution in [1.82, 2.24) is 0 Å². The third-order valence-electron chi connectivity index (χ3n) is 0.606. The molecule has 0 bridgehead atoms. The van der Waals surface area contributed by atoms with Crippen LogP contribution in [0, 0.1) is 5.41 Å². The number of nitrogens with one attached hydrogen (secondary N) is 1. The van der Waals surface area contributed by atoms with Crippen molar-refractivity contribution in [3.63, 3.8) is 0 Å². The summed E-state index contributed by atoms with van der Waals surface area (Å²) in [6, 6.07) is 0. The Bertz CT molecular complexity index is 73.7. The van der Waals surface area contributed by atoms with Crippen LogP contribution >= 0.6 is 0 Å². The van der Waals surface area contributed by atoms with Crippen LogP contribution in [0.2, 0.25) is 5.32 Å². The van der Waals surface area contributed by atoms with Gasteiger partial charge in [-0.05, 0) is 0 Å². The molecule has 8 heavy (non-hydrogen) atoms. The summed E-state index contributed by atoms with van der Waals surface area (Å²) in [5, 5.41) is 7.85. The zero-order valence-corrected chi connectivity index (χ0v) is 6.40. The number of hydrogen-bond donors (Lipinski definition) is 3. The fourth-order valence-corrected chi connectivity index (χ4v) is 1.38. The van der Waals surface area contributed by atoms with E-state index in [2.05, 4.69) is 0 Å². The summed E-state index contributed by atoms with van der Waals surface area (Å²) in [6.45, 7) is 0.717. The Kier molecular flexibility index (Phi) is 5.06. The molecule has 0 atom stereocenters. The molecule has 5 N–H and O–H groups in total. The van der Waals surface area contributed by atoms with Gasteiger partial charge >= 0.3 is 54.9 Å². The Labute approximate surface area is 55.5 Å². The van der Waals surface area contributed by atoms with Crippen molar-refractivity contribution in [3.8, 4) is 0 Å². The maximum absolute atomic E-state index is 6.84. The zero-order chi connectivity index (χ0) is 6.41. The third kappa shape index (κ3) is 5.95. The molecule has 0 spiro atoms. The molecule has 0 saturated carbocycles. The number of rotatable bonds is 4. The van der Waals surface area contributed by atoms with Crippen LogP contribution in [0.1, 0.15) is 6.42 Å². The first kappa shape index (κ1) is 7.95. The van der Waals surface area contributed by atoms with Crippen LogP contribution in [-0.4, -0.2) is 26.2 Å². The molecular formula is C4H11N3Se. The molecule has 0 saturated heterocycles. The molecular weight excluding hydrogens is 169 g/mol. The number of nitrogens with two attached hydrogens (primary N) is 2. The van der Waals surface area contributed by atoms with E-state index in [1.807, 2.05) is 0 Å². The average Bonchev–Trinajstić information content (AvgIpc) is 1.66. The van der Waals surface area contributed by atoms with Gasteiger partial charge in [0, 0.05) is 0 Å². The van der Waals surface area contributed by atoms with Crippen LogP contribution in [0.4, 0.5) is 0 Å². The molecule has 0 aliphatic heterocycles. The van der Waals surface area contributed by atoms with E-state index in [-0.39, 0.29) is 15.0 Å².